The monoisotopic (exact) mass is 476 g/mol. The average Bonchev–Trinajstić information content (AvgIpc) is 3.28. The van der Waals surface area contributed by atoms with E-state index < -0.39 is 5.91 Å². The fourth-order valence-electron chi connectivity index (χ4n) is 3.50. The molecule has 8 heteroatoms. The number of hydrogen-bond donors (Lipinski definition) is 1. The van der Waals surface area contributed by atoms with Crippen molar-refractivity contribution >= 4 is 39.8 Å². The maximum absolute atomic E-state index is 12.6. The first-order valence-electron chi connectivity index (χ1n) is 11.4. The Hall–Kier alpha value is -3.39. The Balaban J connectivity index is 1.40. The number of hydrazone groups is 1. The van der Waals surface area contributed by atoms with E-state index in [4.69, 9.17) is 14.9 Å². The van der Waals surface area contributed by atoms with Crippen molar-refractivity contribution in [3.8, 4) is 11.5 Å². The summed E-state index contributed by atoms with van der Waals surface area (Å²) in [7, 11) is 0. The van der Waals surface area contributed by atoms with Crippen LogP contribution in [0.1, 0.15) is 50.7 Å². The molecule has 2 aliphatic heterocycles. The van der Waals surface area contributed by atoms with Gasteiger partial charge in [-0.2, -0.15) is 15.1 Å². The number of carbonyl (C=O) groups is 1. The minimum atomic E-state index is -0.449. The lowest BCUT2D eigenvalue weighted by Gasteiger charge is -2.20. The molecule has 1 atom stereocenters. The van der Waals surface area contributed by atoms with Gasteiger partial charge in [0.25, 0.3) is 5.91 Å². The standard InChI is InChI=1S/C26H28N4O3S/c1-4-17(3)18-10-12-20(13-11-18)32-14-15-33-22-9-7-6-8-19(22)16-21-24(27)30-26(28-25(21)31)34-23(5-2)29-30/h6-13,16-17,27H,4-5,14-15H2,1-3H3/b21-16-,27-24?. The molecule has 0 aromatic heterocycles. The predicted octanol–water partition coefficient (Wildman–Crippen LogP) is 5.69. The number of thioether (sulfide) groups is 1. The fraction of sp³-hybridized carbons (Fsp3) is 0.308. The Kier molecular flexibility index (Phi) is 7.47. The first-order valence-corrected chi connectivity index (χ1v) is 12.3. The fourth-order valence-corrected chi connectivity index (χ4v) is 4.33. The number of carbonyl (C=O) groups excluding carboxylic acids is 1. The third-order valence-electron chi connectivity index (χ3n) is 5.69. The lowest BCUT2D eigenvalue weighted by Crippen LogP contribution is -2.35. The quantitative estimate of drug-likeness (QED) is 0.371. The summed E-state index contributed by atoms with van der Waals surface area (Å²) in [5.74, 6) is 1.51. The zero-order valence-electron chi connectivity index (χ0n) is 19.6. The molecular weight excluding hydrogens is 448 g/mol. The second-order valence-corrected chi connectivity index (χ2v) is 9.02. The van der Waals surface area contributed by atoms with Crippen LogP contribution in [-0.2, 0) is 4.79 Å². The van der Waals surface area contributed by atoms with E-state index in [9.17, 15) is 4.79 Å². The van der Waals surface area contributed by atoms with E-state index in [0.29, 0.717) is 35.6 Å². The first kappa shape index (κ1) is 23.8. The lowest BCUT2D eigenvalue weighted by molar-refractivity contribution is -0.114. The zero-order chi connectivity index (χ0) is 24.1. The summed E-state index contributed by atoms with van der Waals surface area (Å²) < 4.78 is 11.8. The highest BCUT2D eigenvalue weighted by molar-refractivity contribution is 8.26. The van der Waals surface area contributed by atoms with Gasteiger partial charge in [-0.3, -0.25) is 10.2 Å². The van der Waals surface area contributed by atoms with Crippen molar-refractivity contribution in [2.75, 3.05) is 13.2 Å². The molecule has 0 spiro atoms. The molecule has 1 amide bonds. The van der Waals surface area contributed by atoms with E-state index in [-0.39, 0.29) is 11.4 Å². The van der Waals surface area contributed by atoms with Crippen LogP contribution in [0, 0.1) is 5.41 Å². The summed E-state index contributed by atoms with van der Waals surface area (Å²) in [4.78, 5) is 16.7. The van der Waals surface area contributed by atoms with Crippen LogP contribution in [0.3, 0.4) is 0 Å². The van der Waals surface area contributed by atoms with E-state index in [0.717, 1.165) is 23.6 Å². The van der Waals surface area contributed by atoms with Gasteiger partial charge in [0.2, 0.25) is 5.17 Å². The van der Waals surface area contributed by atoms with Gasteiger partial charge in [-0.05, 0) is 60.4 Å². The maximum atomic E-state index is 12.6. The number of nitrogens with zero attached hydrogens (tertiary/aromatic N) is 3. The van der Waals surface area contributed by atoms with Gasteiger partial charge in [-0.15, -0.1) is 0 Å². The summed E-state index contributed by atoms with van der Waals surface area (Å²) in [6.45, 7) is 7.10. The minimum Gasteiger partial charge on any atom is -0.490 e. The van der Waals surface area contributed by atoms with E-state index in [2.05, 4.69) is 36.1 Å². The van der Waals surface area contributed by atoms with Gasteiger partial charge in [0.15, 0.2) is 5.84 Å². The van der Waals surface area contributed by atoms with Crippen LogP contribution < -0.4 is 9.47 Å². The molecule has 0 radical (unpaired) electrons. The number of fused-ring (bicyclic) bond motifs is 1. The molecule has 34 heavy (non-hydrogen) atoms. The number of rotatable bonds is 9. The molecule has 2 aromatic rings. The largest absolute Gasteiger partial charge is 0.490 e. The van der Waals surface area contributed by atoms with Crippen LogP contribution in [0.15, 0.2) is 64.2 Å². The number of ether oxygens (including phenoxy) is 2. The molecule has 0 bridgehead atoms. The van der Waals surface area contributed by atoms with Gasteiger partial charge >= 0.3 is 0 Å². The number of para-hydroxylation sites is 1. The van der Waals surface area contributed by atoms with E-state index in [1.54, 1.807) is 6.08 Å². The second kappa shape index (κ2) is 10.7. The van der Waals surface area contributed by atoms with Crippen molar-refractivity contribution in [3.63, 3.8) is 0 Å². The van der Waals surface area contributed by atoms with E-state index in [1.807, 2.05) is 43.3 Å². The first-order chi connectivity index (χ1) is 16.5. The third kappa shape index (κ3) is 5.22. The zero-order valence-corrected chi connectivity index (χ0v) is 20.4. The molecular formula is C26H28N4O3S. The Bertz CT molecular complexity index is 1170. The SMILES string of the molecule is CCC1=NN2C(=N)/C(=C/c3ccccc3OCCOc3ccc(C(C)CC)cc3)C(=O)N=C2S1. The van der Waals surface area contributed by atoms with Crippen LogP contribution in [0.5, 0.6) is 11.5 Å². The van der Waals surface area contributed by atoms with Crippen molar-refractivity contribution in [3.05, 3.63) is 65.2 Å². The highest BCUT2D eigenvalue weighted by atomic mass is 32.2. The summed E-state index contributed by atoms with van der Waals surface area (Å²) in [5.41, 5.74) is 2.18. The van der Waals surface area contributed by atoms with Crippen molar-refractivity contribution in [2.45, 2.75) is 39.5 Å². The van der Waals surface area contributed by atoms with Gasteiger partial charge in [-0.25, -0.2) is 0 Å². The normalized spacial score (nSPS) is 17.4. The summed E-state index contributed by atoms with van der Waals surface area (Å²) in [6, 6.07) is 15.6. The van der Waals surface area contributed by atoms with Crippen LogP contribution in [0.2, 0.25) is 0 Å². The molecule has 1 N–H and O–H groups in total. The van der Waals surface area contributed by atoms with Gasteiger partial charge < -0.3 is 9.47 Å². The summed E-state index contributed by atoms with van der Waals surface area (Å²) >= 11 is 1.33. The van der Waals surface area contributed by atoms with Gasteiger partial charge in [-0.1, -0.05) is 51.1 Å². The predicted molar refractivity (Wildman–Crippen MR) is 138 cm³/mol. The van der Waals surface area contributed by atoms with Crippen LogP contribution in [-0.4, -0.2) is 40.2 Å². The van der Waals surface area contributed by atoms with Crippen molar-refractivity contribution in [1.82, 2.24) is 5.01 Å². The topological polar surface area (TPSA) is 87.3 Å². The third-order valence-corrected chi connectivity index (χ3v) is 6.74. The van der Waals surface area contributed by atoms with Gasteiger partial charge in [0, 0.05) is 5.56 Å². The molecule has 0 saturated heterocycles. The highest BCUT2D eigenvalue weighted by Gasteiger charge is 2.35. The number of nitrogens with one attached hydrogen (secondary N) is 1. The molecule has 176 valence electrons. The Morgan fingerprint density at radius 1 is 1.09 bits per heavy atom. The molecule has 2 aliphatic rings. The Labute approximate surface area is 204 Å². The number of benzene rings is 2. The molecule has 0 fully saturated rings. The average molecular weight is 477 g/mol. The Morgan fingerprint density at radius 3 is 2.56 bits per heavy atom. The van der Waals surface area contributed by atoms with Crippen molar-refractivity contribution in [2.24, 2.45) is 10.1 Å². The molecule has 2 heterocycles. The molecule has 2 aromatic carbocycles. The molecule has 7 nitrogen and oxygen atoms in total. The van der Waals surface area contributed by atoms with Gasteiger partial charge in [0.1, 0.15) is 29.8 Å². The number of hydrogen-bond acceptors (Lipinski definition) is 6. The highest BCUT2D eigenvalue weighted by Crippen LogP contribution is 2.30. The van der Waals surface area contributed by atoms with Gasteiger partial charge in [0.05, 0.1) is 5.57 Å². The van der Waals surface area contributed by atoms with Crippen LogP contribution in [0.4, 0.5) is 0 Å². The van der Waals surface area contributed by atoms with Crippen LogP contribution >= 0.6 is 11.8 Å². The van der Waals surface area contributed by atoms with E-state index >= 15 is 0 Å². The smallest absolute Gasteiger partial charge is 0.283 e. The molecule has 4 rings (SSSR count). The van der Waals surface area contributed by atoms with Crippen LogP contribution in [0.25, 0.3) is 6.08 Å². The van der Waals surface area contributed by atoms with Crippen molar-refractivity contribution < 1.29 is 14.3 Å². The number of aliphatic imine (C=N–C) groups is 1. The number of amides is 1. The second-order valence-electron chi connectivity index (χ2n) is 7.98. The van der Waals surface area contributed by atoms with E-state index in [1.165, 1.54) is 22.3 Å². The maximum Gasteiger partial charge on any atom is 0.283 e. The molecule has 0 aliphatic carbocycles. The Morgan fingerprint density at radius 2 is 1.82 bits per heavy atom. The molecule has 0 saturated carbocycles. The summed E-state index contributed by atoms with van der Waals surface area (Å²) in [6.07, 6.45) is 3.46. The lowest BCUT2D eigenvalue weighted by atomic mass is 9.99. The minimum absolute atomic E-state index is 0.0184. The summed E-state index contributed by atoms with van der Waals surface area (Å²) in [5, 5.41) is 15.5. The molecule has 1 unspecified atom stereocenters. The number of amidine groups is 2. The van der Waals surface area contributed by atoms with Crippen molar-refractivity contribution in [1.29, 1.82) is 5.41 Å².